The van der Waals surface area contributed by atoms with Gasteiger partial charge in [0.05, 0.1) is 12.7 Å². The first-order valence-corrected chi connectivity index (χ1v) is 12.1. The van der Waals surface area contributed by atoms with E-state index in [1.807, 2.05) is 38.1 Å². The number of ether oxygens (including phenoxy) is 2. The molecular formula is C20H34O5Si. The number of aliphatic hydroxyl groups excluding tert-OH is 1. The quantitative estimate of drug-likeness (QED) is 0.518. The van der Waals surface area contributed by atoms with Crippen LogP contribution in [0.1, 0.15) is 40.2 Å². The SMILES string of the molecule is CC(C)OC(=O)C(Cc1ccc(OCCO)cc1)O[Si](C)(C)C(C)(C)C. The summed E-state index contributed by atoms with van der Waals surface area (Å²) in [6.07, 6.45) is -0.344. The van der Waals surface area contributed by atoms with E-state index in [1.54, 1.807) is 0 Å². The fraction of sp³-hybridized carbons (Fsp3) is 0.650. The van der Waals surface area contributed by atoms with Crippen molar-refractivity contribution in [2.45, 2.75) is 71.4 Å². The Labute approximate surface area is 158 Å². The first-order chi connectivity index (χ1) is 12.0. The monoisotopic (exact) mass is 382 g/mol. The van der Waals surface area contributed by atoms with Gasteiger partial charge in [0.2, 0.25) is 0 Å². The third-order valence-corrected chi connectivity index (χ3v) is 9.05. The van der Waals surface area contributed by atoms with E-state index in [-0.39, 0.29) is 30.3 Å². The lowest BCUT2D eigenvalue weighted by atomic mass is 10.1. The molecule has 148 valence electrons. The highest BCUT2D eigenvalue weighted by Crippen LogP contribution is 2.37. The summed E-state index contributed by atoms with van der Waals surface area (Å²) in [4.78, 5) is 12.6. The Kier molecular flexibility index (Phi) is 8.31. The molecule has 0 saturated carbocycles. The van der Waals surface area contributed by atoms with Gasteiger partial charge >= 0.3 is 5.97 Å². The molecule has 6 heteroatoms. The van der Waals surface area contributed by atoms with Gasteiger partial charge in [0.25, 0.3) is 0 Å². The van der Waals surface area contributed by atoms with Crippen molar-refractivity contribution in [1.82, 2.24) is 0 Å². The number of carbonyl (C=O) groups is 1. The van der Waals surface area contributed by atoms with Gasteiger partial charge in [-0.1, -0.05) is 32.9 Å². The minimum Gasteiger partial charge on any atom is -0.491 e. The second kappa shape index (κ2) is 9.53. The Morgan fingerprint density at radius 3 is 2.19 bits per heavy atom. The van der Waals surface area contributed by atoms with Gasteiger partial charge in [0.1, 0.15) is 18.5 Å². The lowest BCUT2D eigenvalue weighted by Gasteiger charge is -2.38. The van der Waals surface area contributed by atoms with Crippen molar-refractivity contribution >= 4 is 14.3 Å². The lowest BCUT2D eigenvalue weighted by Crippen LogP contribution is -2.47. The van der Waals surface area contributed by atoms with Crippen LogP contribution in [0.25, 0.3) is 0 Å². The number of esters is 1. The summed E-state index contributed by atoms with van der Waals surface area (Å²) >= 11 is 0. The van der Waals surface area contributed by atoms with Crippen molar-refractivity contribution in [1.29, 1.82) is 0 Å². The van der Waals surface area contributed by atoms with Crippen LogP contribution in [-0.4, -0.2) is 44.8 Å². The molecule has 0 saturated heterocycles. The summed E-state index contributed by atoms with van der Waals surface area (Å²) in [6, 6.07) is 7.50. The van der Waals surface area contributed by atoms with Crippen LogP contribution < -0.4 is 4.74 Å². The Morgan fingerprint density at radius 2 is 1.73 bits per heavy atom. The van der Waals surface area contributed by atoms with E-state index in [9.17, 15) is 4.79 Å². The first kappa shape index (κ1) is 22.7. The second-order valence-electron chi connectivity index (χ2n) is 8.27. The van der Waals surface area contributed by atoms with Crippen LogP contribution in [0.5, 0.6) is 5.75 Å². The molecule has 1 rings (SSSR count). The molecule has 0 amide bonds. The van der Waals surface area contributed by atoms with E-state index in [1.165, 1.54) is 0 Å². The van der Waals surface area contributed by atoms with Crippen LogP contribution in [0.2, 0.25) is 18.1 Å². The third-order valence-electron chi connectivity index (χ3n) is 4.56. The first-order valence-electron chi connectivity index (χ1n) is 9.17. The lowest BCUT2D eigenvalue weighted by molar-refractivity contribution is -0.156. The average Bonchev–Trinajstić information content (AvgIpc) is 2.51. The average molecular weight is 383 g/mol. The molecule has 0 radical (unpaired) electrons. The zero-order valence-electron chi connectivity index (χ0n) is 17.2. The number of hydrogen-bond acceptors (Lipinski definition) is 5. The van der Waals surface area contributed by atoms with Crippen LogP contribution in [0.4, 0.5) is 0 Å². The fourth-order valence-corrected chi connectivity index (χ4v) is 3.36. The summed E-state index contributed by atoms with van der Waals surface area (Å²) in [5.74, 6) is 0.375. The molecule has 1 N–H and O–H groups in total. The van der Waals surface area contributed by atoms with E-state index in [2.05, 4.69) is 33.9 Å². The minimum absolute atomic E-state index is 0.00531. The van der Waals surface area contributed by atoms with Gasteiger partial charge in [-0.3, -0.25) is 0 Å². The molecule has 0 aliphatic rings. The summed E-state index contributed by atoms with van der Waals surface area (Å²) in [5.41, 5.74) is 0.978. The number of hydrogen-bond donors (Lipinski definition) is 1. The predicted octanol–water partition coefficient (Wildman–Crippen LogP) is 3.94. The van der Waals surface area contributed by atoms with E-state index >= 15 is 0 Å². The minimum atomic E-state index is -2.12. The highest BCUT2D eigenvalue weighted by molar-refractivity contribution is 6.74. The molecule has 1 aromatic rings. The number of aliphatic hydroxyl groups is 1. The van der Waals surface area contributed by atoms with Gasteiger partial charge in [0.15, 0.2) is 8.32 Å². The highest BCUT2D eigenvalue weighted by atomic mass is 28.4. The number of carbonyl (C=O) groups excluding carboxylic acids is 1. The summed E-state index contributed by atoms with van der Waals surface area (Å²) < 4.78 is 17.2. The van der Waals surface area contributed by atoms with Gasteiger partial charge in [-0.15, -0.1) is 0 Å². The molecule has 0 aliphatic carbocycles. The molecule has 1 unspecified atom stereocenters. The smallest absolute Gasteiger partial charge is 0.334 e. The molecule has 0 heterocycles. The van der Waals surface area contributed by atoms with Crippen molar-refractivity contribution in [2.24, 2.45) is 0 Å². The molecule has 0 aliphatic heterocycles. The van der Waals surface area contributed by atoms with Gasteiger partial charge in [-0.2, -0.15) is 0 Å². The van der Waals surface area contributed by atoms with E-state index in [4.69, 9.17) is 19.0 Å². The zero-order valence-corrected chi connectivity index (χ0v) is 18.2. The second-order valence-corrected chi connectivity index (χ2v) is 13.0. The number of rotatable bonds is 9. The molecular weight excluding hydrogens is 348 g/mol. The van der Waals surface area contributed by atoms with Crippen molar-refractivity contribution in [3.8, 4) is 5.75 Å². The van der Waals surface area contributed by atoms with Gasteiger partial charge < -0.3 is 19.0 Å². The van der Waals surface area contributed by atoms with Crippen molar-refractivity contribution in [3.05, 3.63) is 29.8 Å². The van der Waals surface area contributed by atoms with Crippen LogP contribution in [0.15, 0.2) is 24.3 Å². The van der Waals surface area contributed by atoms with Gasteiger partial charge in [-0.05, 0) is 49.7 Å². The van der Waals surface area contributed by atoms with Crippen molar-refractivity contribution in [2.75, 3.05) is 13.2 Å². The Hall–Kier alpha value is -1.37. The van der Waals surface area contributed by atoms with Gasteiger partial charge in [-0.25, -0.2) is 4.79 Å². The molecule has 1 aromatic carbocycles. The Balaban J connectivity index is 2.93. The van der Waals surface area contributed by atoms with Crippen LogP contribution in [0, 0.1) is 0 Å². The zero-order chi connectivity index (χ0) is 20.0. The molecule has 1 atom stereocenters. The normalized spacial score (nSPS) is 13.6. The van der Waals surface area contributed by atoms with E-state index in [0.29, 0.717) is 12.2 Å². The van der Waals surface area contributed by atoms with E-state index < -0.39 is 14.4 Å². The Morgan fingerprint density at radius 1 is 1.15 bits per heavy atom. The summed E-state index contributed by atoms with van der Waals surface area (Å²) in [6.45, 7) is 14.6. The van der Waals surface area contributed by atoms with Crippen molar-refractivity contribution in [3.63, 3.8) is 0 Å². The van der Waals surface area contributed by atoms with Crippen molar-refractivity contribution < 1.29 is 23.8 Å². The maximum absolute atomic E-state index is 12.6. The van der Waals surface area contributed by atoms with Crippen LogP contribution >= 0.6 is 0 Å². The maximum Gasteiger partial charge on any atom is 0.334 e. The third kappa shape index (κ3) is 7.09. The molecule has 5 nitrogen and oxygen atoms in total. The molecule has 0 fully saturated rings. The van der Waals surface area contributed by atoms with Crippen LogP contribution in [-0.2, 0) is 20.4 Å². The summed E-state index contributed by atoms with van der Waals surface area (Å²) in [7, 11) is -2.12. The molecule has 0 spiro atoms. The maximum atomic E-state index is 12.6. The molecule has 26 heavy (non-hydrogen) atoms. The summed E-state index contributed by atoms with van der Waals surface area (Å²) in [5, 5.41) is 8.82. The standard InChI is InChI=1S/C20H34O5Si/c1-15(2)24-19(22)18(25-26(6,7)20(3,4)5)14-16-8-10-17(11-9-16)23-13-12-21/h8-11,15,18,21H,12-14H2,1-7H3. The van der Waals surface area contributed by atoms with Gasteiger partial charge in [0, 0.05) is 6.42 Å². The number of benzene rings is 1. The molecule has 0 aromatic heterocycles. The van der Waals surface area contributed by atoms with Crippen LogP contribution in [0.3, 0.4) is 0 Å². The highest BCUT2D eigenvalue weighted by Gasteiger charge is 2.41. The predicted molar refractivity (Wildman–Crippen MR) is 106 cm³/mol. The molecule has 0 bridgehead atoms. The largest absolute Gasteiger partial charge is 0.491 e. The topological polar surface area (TPSA) is 65.0 Å². The Bertz CT molecular complexity index is 561. The fourth-order valence-electron chi connectivity index (χ4n) is 2.11. The van der Waals surface area contributed by atoms with E-state index in [0.717, 1.165) is 5.56 Å².